The van der Waals surface area contributed by atoms with Crippen molar-refractivity contribution in [3.05, 3.63) is 35.4 Å². The quantitative estimate of drug-likeness (QED) is 0.910. The molecule has 1 heterocycles. The molecule has 1 aromatic rings. The first kappa shape index (κ1) is 14.4. The van der Waals surface area contributed by atoms with E-state index in [-0.39, 0.29) is 12.1 Å². The van der Waals surface area contributed by atoms with Crippen molar-refractivity contribution in [1.29, 1.82) is 0 Å². The lowest BCUT2D eigenvalue weighted by Gasteiger charge is -2.40. The molecular weight excluding hydrogens is 250 g/mol. The summed E-state index contributed by atoms with van der Waals surface area (Å²) in [5, 5.41) is 0. The van der Waals surface area contributed by atoms with E-state index in [0.717, 1.165) is 19.0 Å². The predicted molar refractivity (Wildman–Crippen MR) is 69.8 cm³/mol. The Kier molecular flexibility index (Phi) is 4.85. The molecule has 0 aromatic heterocycles. The Morgan fingerprint density at radius 3 is 2.89 bits per heavy atom. The second kappa shape index (κ2) is 6.41. The molecule has 1 fully saturated rings. The summed E-state index contributed by atoms with van der Waals surface area (Å²) in [5.41, 5.74) is 6.28. The Labute approximate surface area is 112 Å². The average Bonchev–Trinajstić information content (AvgIpc) is 2.42. The summed E-state index contributed by atoms with van der Waals surface area (Å²) in [5.74, 6) is -1.09. The molecule has 1 aromatic carbocycles. The Hall–Kier alpha value is -1.04. The SMILES string of the molecule is CCC1COCCN1C(CN)c1ccc(F)cc1F. The minimum absolute atomic E-state index is 0.227. The van der Waals surface area contributed by atoms with Crippen LogP contribution in [-0.4, -0.2) is 37.2 Å². The highest BCUT2D eigenvalue weighted by Gasteiger charge is 2.30. The third kappa shape index (κ3) is 3.11. The van der Waals surface area contributed by atoms with Crippen molar-refractivity contribution in [3.8, 4) is 0 Å². The van der Waals surface area contributed by atoms with Crippen LogP contribution in [-0.2, 0) is 4.74 Å². The minimum atomic E-state index is -0.564. The van der Waals surface area contributed by atoms with Crippen molar-refractivity contribution in [2.24, 2.45) is 5.73 Å². The van der Waals surface area contributed by atoms with Crippen molar-refractivity contribution in [2.45, 2.75) is 25.4 Å². The maximum atomic E-state index is 13.9. The number of halogens is 2. The molecule has 0 radical (unpaired) electrons. The van der Waals surface area contributed by atoms with Gasteiger partial charge in [0.1, 0.15) is 11.6 Å². The Morgan fingerprint density at radius 1 is 1.47 bits per heavy atom. The van der Waals surface area contributed by atoms with Gasteiger partial charge in [0, 0.05) is 30.8 Å². The third-order valence-corrected chi connectivity index (χ3v) is 3.69. The minimum Gasteiger partial charge on any atom is -0.378 e. The van der Waals surface area contributed by atoms with Gasteiger partial charge >= 0.3 is 0 Å². The van der Waals surface area contributed by atoms with Crippen LogP contribution in [0.3, 0.4) is 0 Å². The van der Waals surface area contributed by atoms with Gasteiger partial charge in [-0.15, -0.1) is 0 Å². The molecule has 1 aliphatic heterocycles. The van der Waals surface area contributed by atoms with Gasteiger partial charge in [-0.25, -0.2) is 8.78 Å². The number of benzene rings is 1. The molecule has 2 unspecified atom stereocenters. The van der Waals surface area contributed by atoms with Gasteiger partial charge in [-0.1, -0.05) is 13.0 Å². The van der Waals surface area contributed by atoms with E-state index in [0.29, 0.717) is 25.3 Å². The van der Waals surface area contributed by atoms with Gasteiger partial charge in [-0.3, -0.25) is 4.90 Å². The highest BCUT2D eigenvalue weighted by Crippen LogP contribution is 2.27. The molecule has 3 nitrogen and oxygen atoms in total. The second-order valence-electron chi connectivity index (χ2n) is 4.79. The normalized spacial score (nSPS) is 22.4. The smallest absolute Gasteiger partial charge is 0.130 e. The van der Waals surface area contributed by atoms with Crippen LogP contribution in [0, 0.1) is 11.6 Å². The topological polar surface area (TPSA) is 38.5 Å². The van der Waals surface area contributed by atoms with Crippen LogP contribution in [0.1, 0.15) is 24.9 Å². The maximum Gasteiger partial charge on any atom is 0.130 e. The monoisotopic (exact) mass is 270 g/mol. The van der Waals surface area contributed by atoms with Crippen molar-refractivity contribution in [3.63, 3.8) is 0 Å². The molecule has 2 N–H and O–H groups in total. The van der Waals surface area contributed by atoms with Crippen LogP contribution in [0.25, 0.3) is 0 Å². The molecule has 19 heavy (non-hydrogen) atoms. The van der Waals surface area contributed by atoms with Gasteiger partial charge in [0.25, 0.3) is 0 Å². The van der Waals surface area contributed by atoms with Gasteiger partial charge in [-0.2, -0.15) is 0 Å². The first-order valence-corrected chi connectivity index (χ1v) is 6.65. The van der Waals surface area contributed by atoms with Crippen molar-refractivity contribution >= 4 is 0 Å². The van der Waals surface area contributed by atoms with Gasteiger partial charge in [0.2, 0.25) is 0 Å². The molecule has 0 bridgehead atoms. The zero-order chi connectivity index (χ0) is 13.8. The van der Waals surface area contributed by atoms with E-state index in [1.54, 1.807) is 0 Å². The molecule has 2 rings (SSSR count). The number of morpholine rings is 1. The number of nitrogens with two attached hydrogens (primary N) is 1. The van der Waals surface area contributed by atoms with Gasteiger partial charge < -0.3 is 10.5 Å². The zero-order valence-electron chi connectivity index (χ0n) is 11.1. The molecule has 5 heteroatoms. The number of nitrogens with zero attached hydrogens (tertiary/aromatic N) is 1. The first-order valence-electron chi connectivity index (χ1n) is 6.65. The maximum absolute atomic E-state index is 13.9. The van der Waals surface area contributed by atoms with E-state index >= 15 is 0 Å². The van der Waals surface area contributed by atoms with Crippen molar-refractivity contribution in [2.75, 3.05) is 26.3 Å². The fourth-order valence-electron chi connectivity index (χ4n) is 2.64. The first-order chi connectivity index (χ1) is 9.17. The highest BCUT2D eigenvalue weighted by molar-refractivity contribution is 5.23. The Morgan fingerprint density at radius 2 is 2.26 bits per heavy atom. The van der Waals surface area contributed by atoms with Crippen molar-refractivity contribution < 1.29 is 13.5 Å². The Bertz CT molecular complexity index is 428. The molecule has 0 spiro atoms. The van der Waals surface area contributed by atoms with E-state index < -0.39 is 11.6 Å². The van der Waals surface area contributed by atoms with E-state index in [1.165, 1.54) is 12.1 Å². The largest absolute Gasteiger partial charge is 0.378 e. The van der Waals surface area contributed by atoms with Gasteiger partial charge in [-0.05, 0) is 12.5 Å². The average molecular weight is 270 g/mol. The van der Waals surface area contributed by atoms with Crippen LogP contribution in [0.4, 0.5) is 8.78 Å². The number of hydrogen-bond donors (Lipinski definition) is 1. The summed E-state index contributed by atoms with van der Waals surface area (Å²) in [4.78, 5) is 2.17. The third-order valence-electron chi connectivity index (χ3n) is 3.69. The van der Waals surface area contributed by atoms with E-state index in [4.69, 9.17) is 10.5 Å². The van der Waals surface area contributed by atoms with E-state index in [9.17, 15) is 8.78 Å². The van der Waals surface area contributed by atoms with E-state index in [1.807, 2.05) is 0 Å². The zero-order valence-corrected chi connectivity index (χ0v) is 11.1. The van der Waals surface area contributed by atoms with Crippen LogP contribution in [0.5, 0.6) is 0 Å². The number of hydrogen-bond acceptors (Lipinski definition) is 3. The van der Waals surface area contributed by atoms with Crippen molar-refractivity contribution in [1.82, 2.24) is 4.90 Å². The summed E-state index contributed by atoms with van der Waals surface area (Å²) in [6.45, 7) is 4.35. The lowest BCUT2D eigenvalue weighted by Crippen LogP contribution is -2.49. The van der Waals surface area contributed by atoms with Gasteiger partial charge in [0.05, 0.1) is 19.3 Å². The van der Waals surface area contributed by atoms with Crippen LogP contribution in [0.15, 0.2) is 18.2 Å². The van der Waals surface area contributed by atoms with E-state index in [2.05, 4.69) is 11.8 Å². The molecule has 0 amide bonds. The summed E-state index contributed by atoms with van der Waals surface area (Å²) in [7, 11) is 0. The predicted octanol–water partition coefficient (Wildman–Crippen LogP) is 2.08. The van der Waals surface area contributed by atoms with Crippen LogP contribution in [0.2, 0.25) is 0 Å². The molecule has 1 saturated heterocycles. The Balaban J connectivity index is 2.27. The summed E-state index contributed by atoms with van der Waals surface area (Å²) >= 11 is 0. The lowest BCUT2D eigenvalue weighted by atomic mass is 10.0. The summed E-state index contributed by atoms with van der Waals surface area (Å²) in [6, 6.07) is 3.69. The highest BCUT2D eigenvalue weighted by atomic mass is 19.1. The fourth-order valence-corrected chi connectivity index (χ4v) is 2.64. The summed E-state index contributed by atoms with van der Waals surface area (Å²) in [6.07, 6.45) is 0.916. The standard InChI is InChI=1S/C14H20F2N2O/c1-2-11-9-19-6-5-18(11)14(8-17)12-4-3-10(15)7-13(12)16/h3-4,7,11,14H,2,5-6,8-9,17H2,1H3. The van der Waals surface area contributed by atoms with Crippen LogP contribution < -0.4 is 5.73 Å². The second-order valence-corrected chi connectivity index (χ2v) is 4.79. The van der Waals surface area contributed by atoms with Crippen LogP contribution >= 0.6 is 0 Å². The lowest BCUT2D eigenvalue weighted by molar-refractivity contribution is -0.0297. The molecular formula is C14H20F2N2O. The summed E-state index contributed by atoms with van der Waals surface area (Å²) < 4.78 is 32.4. The molecule has 2 atom stereocenters. The molecule has 0 saturated carbocycles. The molecule has 1 aliphatic rings. The molecule has 0 aliphatic carbocycles. The van der Waals surface area contributed by atoms with Gasteiger partial charge in [0.15, 0.2) is 0 Å². The molecule has 106 valence electrons. The number of ether oxygens (including phenoxy) is 1. The fraction of sp³-hybridized carbons (Fsp3) is 0.571. The number of rotatable bonds is 4.